The van der Waals surface area contributed by atoms with Gasteiger partial charge in [-0.05, 0) is 32.0 Å². The Balaban J connectivity index is 5.05. The zero-order valence-corrected chi connectivity index (χ0v) is 15.7. The van der Waals surface area contributed by atoms with E-state index in [9.17, 15) is 9.36 Å². The van der Waals surface area contributed by atoms with Gasteiger partial charge in [0.15, 0.2) is 14.1 Å². The molecule has 7 heteroatoms. The summed E-state index contributed by atoms with van der Waals surface area (Å²) in [6.07, 6.45) is -0.255. The molecule has 0 atom stereocenters. The Bertz CT molecular complexity index is 350. The maximum Gasteiger partial charge on any atom is 0.337 e. The molecule has 0 aliphatic carbocycles. The Kier molecular flexibility index (Phi) is 7.85. The van der Waals surface area contributed by atoms with Crippen LogP contribution in [-0.4, -0.2) is 40.1 Å². The van der Waals surface area contributed by atoms with Crippen LogP contribution >= 0.6 is 7.60 Å². The summed E-state index contributed by atoms with van der Waals surface area (Å²) in [6, 6.07) is 2.88. The summed E-state index contributed by atoms with van der Waals surface area (Å²) in [5.41, 5.74) is -0.957. The largest absolute Gasteiger partial charge is 0.405 e. The molecule has 0 fully saturated rings. The van der Waals surface area contributed by atoms with Crippen LogP contribution in [0.3, 0.4) is 0 Å². The second-order valence-corrected chi connectivity index (χ2v) is 12.4. The van der Waals surface area contributed by atoms with Crippen LogP contribution in [0.2, 0.25) is 18.1 Å². The smallest absolute Gasteiger partial charge is 0.337 e. The molecule has 120 valence electrons. The van der Waals surface area contributed by atoms with Gasteiger partial charge in [-0.25, -0.2) is 0 Å². The average Bonchev–Trinajstić information content (AvgIpc) is 2.44. The van der Waals surface area contributed by atoms with Gasteiger partial charge >= 0.3 is 7.60 Å². The van der Waals surface area contributed by atoms with Crippen LogP contribution in [0.15, 0.2) is 0 Å². The van der Waals surface area contributed by atoms with Gasteiger partial charge in [0.25, 0.3) is 0 Å². The number of ketones is 1. The van der Waals surface area contributed by atoms with Gasteiger partial charge < -0.3 is 13.5 Å². The van der Waals surface area contributed by atoms with Gasteiger partial charge in [0.05, 0.1) is 0 Å². The van der Waals surface area contributed by atoms with Gasteiger partial charge in [-0.3, -0.25) is 9.36 Å². The van der Waals surface area contributed by atoms with E-state index < -0.39 is 21.5 Å². The number of hydrogen-bond acceptors (Lipinski definition) is 5. The Morgan fingerprint density at radius 1 is 1.05 bits per heavy atom. The Labute approximate surface area is 124 Å². The van der Waals surface area contributed by atoms with Crippen LogP contribution in [0.5, 0.6) is 0 Å². The molecule has 0 unspecified atom stereocenters. The lowest BCUT2D eigenvalue weighted by Gasteiger charge is -2.37. The van der Waals surface area contributed by atoms with Crippen LogP contribution in [-0.2, 0) is 22.8 Å². The van der Waals surface area contributed by atoms with Crippen LogP contribution in [0.1, 0.15) is 34.6 Å². The third-order valence-corrected chi connectivity index (χ3v) is 10.6. The number of carbonyl (C=O) groups excluding carboxylic acids is 1. The fraction of sp³-hybridized carbons (Fsp3) is 0.923. The van der Waals surface area contributed by atoms with Crippen molar-refractivity contribution in [1.82, 2.24) is 0 Å². The summed E-state index contributed by atoms with van der Waals surface area (Å²) in [4.78, 5) is 12.4. The monoisotopic (exact) mass is 324 g/mol. The van der Waals surface area contributed by atoms with Gasteiger partial charge in [0.2, 0.25) is 0 Å². The van der Waals surface area contributed by atoms with Gasteiger partial charge in [-0.2, -0.15) is 0 Å². The Hall–Kier alpha value is -0.00312. The first-order chi connectivity index (χ1) is 9.14. The van der Waals surface area contributed by atoms with E-state index in [2.05, 4.69) is 20.8 Å². The standard InChI is InChI=1S/C13H29O5PSi/c1-8-20(9-2,10-3)18-13(4,5)12(14)11-19(15,16-6)17-7/h8-11H2,1-7H3. The molecule has 0 N–H and O–H groups in total. The normalized spacial score (nSPS) is 13.6. The molecule has 0 radical (unpaired) electrons. The van der Waals surface area contributed by atoms with E-state index in [1.54, 1.807) is 13.8 Å². The van der Waals surface area contributed by atoms with Crippen molar-refractivity contribution < 1.29 is 22.8 Å². The van der Waals surface area contributed by atoms with Gasteiger partial charge in [0.1, 0.15) is 11.8 Å². The maximum atomic E-state index is 12.4. The number of hydrogen-bond donors (Lipinski definition) is 0. The minimum Gasteiger partial charge on any atom is -0.405 e. The molecule has 0 aromatic carbocycles. The van der Waals surface area contributed by atoms with Gasteiger partial charge in [-0.1, -0.05) is 20.8 Å². The summed E-state index contributed by atoms with van der Waals surface area (Å²) < 4.78 is 28.0. The van der Waals surface area contributed by atoms with Crippen molar-refractivity contribution >= 4 is 21.7 Å². The third kappa shape index (κ3) is 5.08. The Morgan fingerprint density at radius 2 is 1.45 bits per heavy atom. The minimum absolute atomic E-state index is 0.239. The van der Waals surface area contributed by atoms with Crippen molar-refractivity contribution in [3.63, 3.8) is 0 Å². The van der Waals surface area contributed by atoms with E-state index in [1.807, 2.05) is 0 Å². The molecule has 20 heavy (non-hydrogen) atoms. The van der Waals surface area contributed by atoms with Crippen molar-refractivity contribution in [3.8, 4) is 0 Å². The summed E-state index contributed by atoms with van der Waals surface area (Å²) in [5, 5.41) is 0. The van der Waals surface area contributed by atoms with Gasteiger partial charge in [0, 0.05) is 14.2 Å². The lowest BCUT2D eigenvalue weighted by atomic mass is 10.1. The second-order valence-electron chi connectivity index (χ2n) is 5.41. The molecule has 0 aliphatic heterocycles. The number of rotatable bonds is 10. The molecule has 0 saturated heterocycles. The third-order valence-electron chi connectivity index (χ3n) is 3.97. The Morgan fingerprint density at radius 3 is 1.75 bits per heavy atom. The van der Waals surface area contributed by atoms with Crippen LogP contribution in [0.25, 0.3) is 0 Å². The zero-order valence-electron chi connectivity index (χ0n) is 13.8. The second kappa shape index (κ2) is 7.85. The van der Waals surface area contributed by atoms with E-state index in [-0.39, 0.29) is 11.9 Å². The summed E-state index contributed by atoms with van der Waals surface area (Å²) >= 11 is 0. The molecule has 0 saturated carbocycles. The molecular weight excluding hydrogens is 295 g/mol. The molecule has 0 aliphatic rings. The molecule has 0 spiro atoms. The molecule has 0 amide bonds. The van der Waals surface area contributed by atoms with Crippen molar-refractivity contribution in [3.05, 3.63) is 0 Å². The lowest BCUT2D eigenvalue weighted by molar-refractivity contribution is -0.130. The number of carbonyl (C=O) groups is 1. The minimum atomic E-state index is -3.34. The zero-order chi connectivity index (χ0) is 16.0. The highest BCUT2D eigenvalue weighted by Gasteiger charge is 2.42. The van der Waals surface area contributed by atoms with E-state index in [0.717, 1.165) is 18.1 Å². The number of Topliss-reactive ketones (excluding diaryl/α,β-unsaturated/α-hetero) is 1. The molecule has 5 nitrogen and oxygen atoms in total. The van der Waals surface area contributed by atoms with E-state index in [4.69, 9.17) is 13.5 Å². The molecule has 0 aromatic heterocycles. The topological polar surface area (TPSA) is 61.8 Å². The van der Waals surface area contributed by atoms with E-state index in [0.29, 0.717) is 0 Å². The fourth-order valence-electron chi connectivity index (χ4n) is 2.13. The van der Waals surface area contributed by atoms with Crippen LogP contribution < -0.4 is 0 Å². The predicted octanol–water partition coefficient (Wildman–Crippen LogP) is 3.84. The molecule has 0 aromatic rings. The molecule has 0 bridgehead atoms. The first kappa shape index (κ1) is 20.0. The lowest BCUT2D eigenvalue weighted by Crippen LogP contribution is -2.49. The highest BCUT2D eigenvalue weighted by atomic mass is 31.2. The highest BCUT2D eigenvalue weighted by molar-refractivity contribution is 7.54. The van der Waals surface area contributed by atoms with E-state index in [1.165, 1.54) is 14.2 Å². The first-order valence-electron chi connectivity index (χ1n) is 7.08. The van der Waals surface area contributed by atoms with Crippen molar-refractivity contribution in [1.29, 1.82) is 0 Å². The summed E-state index contributed by atoms with van der Waals surface area (Å²) in [6.45, 7) is 9.81. The first-order valence-corrected chi connectivity index (χ1v) is 11.3. The summed E-state index contributed by atoms with van der Waals surface area (Å²) in [7, 11) is -2.67. The van der Waals surface area contributed by atoms with Crippen molar-refractivity contribution in [2.75, 3.05) is 20.4 Å². The molecule has 0 heterocycles. The predicted molar refractivity (Wildman–Crippen MR) is 83.9 cm³/mol. The average molecular weight is 324 g/mol. The van der Waals surface area contributed by atoms with Crippen LogP contribution in [0, 0.1) is 0 Å². The highest BCUT2D eigenvalue weighted by Crippen LogP contribution is 2.47. The fourth-order valence-corrected chi connectivity index (χ4v) is 6.40. The van der Waals surface area contributed by atoms with Crippen molar-refractivity contribution in [2.45, 2.75) is 58.4 Å². The van der Waals surface area contributed by atoms with Crippen LogP contribution in [0.4, 0.5) is 0 Å². The van der Waals surface area contributed by atoms with Gasteiger partial charge in [-0.15, -0.1) is 0 Å². The maximum absolute atomic E-state index is 12.4. The summed E-state index contributed by atoms with van der Waals surface area (Å²) in [5.74, 6) is -0.239. The van der Waals surface area contributed by atoms with Crippen molar-refractivity contribution in [2.24, 2.45) is 0 Å². The van der Waals surface area contributed by atoms with E-state index >= 15 is 0 Å². The molecule has 0 rings (SSSR count). The molecular formula is C13H29O5PSi. The quantitative estimate of drug-likeness (QED) is 0.451. The SMILES string of the molecule is CC[Si](CC)(CC)OC(C)(C)C(=O)CP(=O)(OC)OC.